The molecule has 1 aliphatic heterocycles. The molecule has 0 spiro atoms. The van der Waals surface area contributed by atoms with E-state index < -0.39 is 16.1 Å². The highest BCUT2D eigenvalue weighted by molar-refractivity contribution is 7.88. The first kappa shape index (κ1) is 16.8. The molecule has 1 amide bonds. The molecule has 1 N–H and O–H groups in total. The second-order valence-electron chi connectivity index (χ2n) is 5.51. The van der Waals surface area contributed by atoms with Gasteiger partial charge in [-0.3, -0.25) is 4.79 Å². The number of amides is 1. The first-order valence-electron chi connectivity index (χ1n) is 7.28. The van der Waals surface area contributed by atoms with E-state index in [1.807, 2.05) is 0 Å². The molecule has 1 aliphatic rings. The van der Waals surface area contributed by atoms with Crippen molar-refractivity contribution in [3.63, 3.8) is 0 Å². The molecule has 0 aliphatic carbocycles. The second-order valence-corrected chi connectivity index (χ2v) is 7.29. The zero-order valence-electron chi connectivity index (χ0n) is 12.9. The number of methoxy groups -OCH3 is 1. The van der Waals surface area contributed by atoms with E-state index in [1.54, 1.807) is 36.3 Å². The number of nitrogens with one attached hydrogen (secondary N) is 1. The van der Waals surface area contributed by atoms with Crippen LogP contribution < -0.4 is 9.46 Å². The Bertz CT molecular complexity index is 607. The van der Waals surface area contributed by atoms with Gasteiger partial charge in [0.2, 0.25) is 15.9 Å². The first-order chi connectivity index (χ1) is 10.4. The topological polar surface area (TPSA) is 75.7 Å². The Kier molecular flexibility index (Phi) is 5.42. The summed E-state index contributed by atoms with van der Waals surface area (Å²) in [4.78, 5) is 14.1. The Balaban J connectivity index is 2.15. The van der Waals surface area contributed by atoms with Crippen LogP contribution in [0.15, 0.2) is 24.3 Å². The van der Waals surface area contributed by atoms with Crippen LogP contribution in [0, 0.1) is 0 Å². The lowest BCUT2D eigenvalue weighted by molar-refractivity contribution is -0.130. The van der Waals surface area contributed by atoms with Crippen molar-refractivity contribution < 1.29 is 17.9 Å². The molecule has 6 nitrogen and oxygen atoms in total. The fourth-order valence-electron chi connectivity index (χ4n) is 2.59. The third-order valence-corrected chi connectivity index (χ3v) is 4.42. The second kappa shape index (κ2) is 7.11. The van der Waals surface area contributed by atoms with Crippen molar-refractivity contribution in [1.82, 2.24) is 9.62 Å². The minimum Gasteiger partial charge on any atom is -0.497 e. The van der Waals surface area contributed by atoms with Gasteiger partial charge in [-0.2, -0.15) is 0 Å². The van der Waals surface area contributed by atoms with Gasteiger partial charge in [0.15, 0.2) is 0 Å². The Morgan fingerprint density at radius 3 is 2.36 bits per heavy atom. The zero-order valence-corrected chi connectivity index (χ0v) is 13.7. The number of carbonyl (C=O) groups excluding carboxylic acids is 1. The molecule has 1 heterocycles. The maximum Gasteiger partial charge on any atom is 0.224 e. The number of hydrogen-bond donors (Lipinski definition) is 1. The molecule has 1 aromatic carbocycles. The van der Waals surface area contributed by atoms with Gasteiger partial charge in [-0.15, -0.1) is 0 Å². The van der Waals surface area contributed by atoms with E-state index in [2.05, 4.69) is 4.72 Å². The van der Waals surface area contributed by atoms with Gasteiger partial charge in [0.05, 0.1) is 19.4 Å². The van der Waals surface area contributed by atoms with Gasteiger partial charge in [0.1, 0.15) is 5.75 Å². The predicted molar refractivity (Wildman–Crippen MR) is 84.1 cm³/mol. The minimum atomic E-state index is -3.41. The number of ether oxygens (including phenoxy) is 1. The summed E-state index contributed by atoms with van der Waals surface area (Å²) in [6, 6.07) is 6.51. The van der Waals surface area contributed by atoms with Crippen LogP contribution in [0.5, 0.6) is 5.75 Å². The molecule has 22 heavy (non-hydrogen) atoms. The fraction of sp³-hybridized carbons (Fsp3) is 0.533. The number of rotatable bonds is 6. The Morgan fingerprint density at radius 2 is 1.86 bits per heavy atom. The van der Waals surface area contributed by atoms with Crippen LogP contribution in [0.2, 0.25) is 0 Å². The molecular formula is C15H22N2O4S. The van der Waals surface area contributed by atoms with Crippen molar-refractivity contribution in [3.8, 4) is 5.75 Å². The molecule has 0 aromatic heterocycles. The van der Waals surface area contributed by atoms with Crippen LogP contribution in [0.1, 0.15) is 30.9 Å². The lowest BCUT2D eigenvalue weighted by Gasteiger charge is -2.22. The summed E-state index contributed by atoms with van der Waals surface area (Å²) in [7, 11) is -1.84. The fourth-order valence-corrected chi connectivity index (χ4v) is 3.33. The maximum absolute atomic E-state index is 12.3. The van der Waals surface area contributed by atoms with Crippen LogP contribution in [-0.2, 0) is 14.8 Å². The summed E-state index contributed by atoms with van der Waals surface area (Å²) in [5.74, 6) is 0.669. The van der Waals surface area contributed by atoms with Gasteiger partial charge in [-0.05, 0) is 30.5 Å². The number of nitrogens with zero attached hydrogens (tertiary/aromatic N) is 1. The summed E-state index contributed by atoms with van der Waals surface area (Å²) in [6.07, 6.45) is 3.25. The molecule has 0 radical (unpaired) electrons. The van der Waals surface area contributed by atoms with Gasteiger partial charge in [0, 0.05) is 19.5 Å². The molecule has 1 aromatic rings. The average molecular weight is 326 g/mol. The van der Waals surface area contributed by atoms with E-state index >= 15 is 0 Å². The molecule has 2 rings (SSSR count). The van der Waals surface area contributed by atoms with Crippen molar-refractivity contribution in [1.29, 1.82) is 0 Å². The maximum atomic E-state index is 12.3. The summed E-state index contributed by atoms with van der Waals surface area (Å²) in [6.45, 7) is 1.51. The van der Waals surface area contributed by atoms with Crippen molar-refractivity contribution in [2.24, 2.45) is 0 Å². The van der Waals surface area contributed by atoms with Crippen LogP contribution in [0.4, 0.5) is 0 Å². The molecule has 0 saturated carbocycles. The summed E-state index contributed by atoms with van der Waals surface area (Å²) >= 11 is 0. The van der Waals surface area contributed by atoms with Crippen molar-refractivity contribution in [2.75, 3.05) is 26.5 Å². The van der Waals surface area contributed by atoms with Crippen molar-refractivity contribution in [3.05, 3.63) is 29.8 Å². The van der Waals surface area contributed by atoms with E-state index in [0.717, 1.165) is 37.8 Å². The lowest BCUT2D eigenvalue weighted by Crippen LogP contribution is -2.34. The quantitative estimate of drug-likeness (QED) is 0.855. The summed E-state index contributed by atoms with van der Waals surface area (Å²) in [5, 5.41) is 0. The highest BCUT2D eigenvalue weighted by Crippen LogP contribution is 2.23. The minimum absolute atomic E-state index is 0.0190. The standard InChI is InChI=1S/C15H22N2O4S/c1-21-13-7-5-12(6-8-13)14(16-22(2,19)20)11-15(18)17-9-3-4-10-17/h5-8,14,16H,3-4,9-11H2,1-2H3/t14-/m0/s1. The van der Waals surface area contributed by atoms with Gasteiger partial charge >= 0.3 is 0 Å². The molecule has 0 unspecified atom stereocenters. The van der Waals surface area contributed by atoms with E-state index in [9.17, 15) is 13.2 Å². The van der Waals surface area contributed by atoms with Gasteiger partial charge < -0.3 is 9.64 Å². The van der Waals surface area contributed by atoms with Crippen LogP contribution in [-0.4, -0.2) is 45.7 Å². The highest BCUT2D eigenvalue weighted by atomic mass is 32.2. The number of carbonyl (C=O) groups is 1. The van der Waals surface area contributed by atoms with Crippen molar-refractivity contribution >= 4 is 15.9 Å². The Morgan fingerprint density at radius 1 is 1.27 bits per heavy atom. The molecule has 7 heteroatoms. The molecule has 0 bridgehead atoms. The summed E-state index contributed by atoms with van der Waals surface area (Å²) < 4.78 is 30.8. The van der Waals surface area contributed by atoms with Crippen LogP contribution in [0.3, 0.4) is 0 Å². The molecule has 1 fully saturated rings. The number of hydrogen-bond acceptors (Lipinski definition) is 4. The van der Waals surface area contributed by atoms with Gasteiger partial charge in [-0.1, -0.05) is 12.1 Å². The monoisotopic (exact) mass is 326 g/mol. The first-order valence-corrected chi connectivity index (χ1v) is 9.17. The third kappa shape index (κ3) is 4.71. The van der Waals surface area contributed by atoms with Crippen LogP contribution >= 0.6 is 0 Å². The Labute approximate surface area is 131 Å². The average Bonchev–Trinajstić information content (AvgIpc) is 2.99. The van der Waals surface area contributed by atoms with Crippen molar-refractivity contribution in [2.45, 2.75) is 25.3 Å². The van der Waals surface area contributed by atoms with Gasteiger partial charge in [-0.25, -0.2) is 13.1 Å². The molecular weight excluding hydrogens is 304 g/mol. The third-order valence-electron chi connectivity index (χ3n) is 3.71. The van der Waals surface area contributed by atoms with E-state index in [4.69, 9.17) is 4.74 Å². The van der Waals surface area contributed by atoms with Gasteiger partial charge in [0.25, 0.3) is 0 Å². The lowest BCUT2D eigenvalue weighted by atomic mass is 10.0. The van der Waals surface area contributed by atoms with E-state index in [-0.39, 0.29) is 12.3 Å². The van der Waals surface area contributed by atoms with E-state index in [1.165, 1.54) is 0 Å². The number of sulfonamides is 1. The highest BCUT2D eigenvalue weighted by Gasteiger charge is 2.24. The molecule has 122 valence electrons. The Hall–Kier alpha value is -1.60. The molecule has 1 saturated heterocycles. The zero-order chi connectivity index (χ0) is 16.2. The normalized spacial score (nSPS) is 16.5. The van der Waals surface area contributed by atoms with Crippen LogP contribution in [0.25, 0.3) is 0 Å². The SMILES string of the molecule is COc1ccc([C@H](CC(=O)N2CCCC2)NS(C)(=O)=O)cc1. The number of benzene rings is 1. The van der Waals surface area contributed by atoms with E-state index in [0.29, 0.717) is 5.75 Å². The smallest absolute Gasteiger partial charge is 0.224 e. The number of likely N-dealkylation sites (tertiary alicyclic amines) is 1. The predicted octanol–water partition coefficient (Wildman–Crippen LogP) is 1.30. The summed E-state index contributed by atoms with van der Waals surface area (Å²) in [5.41, 5.74) is 0.749. The molecule has 1 atom stereocenters. The largest absolute Gasteiger partial charge is 0.497 e.